The molecular weight excluding hydrogens is 440 g/mol. The first-order valence-corrected chi connectivity index (χ1v) is 11.6. The van der Waals surface area contributed by atoms with Gasteiger partial charge in [0.1, 0.15) is 16.2 Å². The first kappa shape index (κ1) is 24.2. The number of amides is 1. The maximum atomic E-state index is 13.1. The fourth-order valence-electron chi connectivity index (χ4n) is 3.45. The highest BCUT2D eigenvalue weighted by Gasteiger charge is 2.21. The summed E-state index contributed by atoms with van der Waals surface area (Å²) < 4.78 is 2.55. The van der Waals surface area contributed by atoms with E-state index in [4.69, 9.17) is 5.26 Å². The summed E-state index contributed by atoms with van der Waals surface area (Å²) >= 11 is 1.13. The number of aromatic nitrogens is 4. The highest BCUT2D eigenvalue weighted by Crippen LogP contribution is 2.24. The minimum atomic E-state index is -0.491. The summed E-state index contributed by atoms with van der Waals surface area (Å²) in [7, 11) is 1.43. The zero-order valence-electron chi connectivity index (χ0n) is 19.1. The lowest BCUT2D eigenvalue weighted by atomic mass is 10.2. The molecule has 0 fully saturated rings. The first-order chi connectivity index (χ1) is 15.7. The number of hydrogen-bond donors (Lipinski definition) is 0. The predicted octanol–water partition coefficient (Wildman–Crippen LogP) is 2.49. The van der Waals surface area contributed by atoms with E-state index in [0.29, 0.717) is 23.1 Å². The summed E-state index contributed by atoms with van der Waals surface area (Å²) in [6.07, 6.45) is 0.197. The molecule has 172 valence electrons. The van der Waals surface area contributed by atoms with Gasteiger partial charge >= 0.3 is 5.69 Å². The largest absolute Gasteiger partial charge is 0.332 e. The Morgan fingerprint density at radius 2 is 1.91 bits per heavy atom. The molecule has 3 rings (SSSR count). The minimum absolute atomic E-state index is 0.0122. The quantitative estimate of drug-likeness (QED) is 0.370. The average Bonchev–Trinajstić information content (AvgIpc) is 2.79. The number of thioether (sulfide) groups is 1. The Morgan fingerprint density at radius 1 is 1.21 bits per heavy atom. The summed E-state index contributed by atoms with van der Waals surface area (Å²) in [5, 5.41) is 9.58. The Balaban J connectivity index is 2.01. The third-order valence-corrected chi connectivity index (χ3v) is 5.92. The van der Waals surface area contributed by atoms with E-state index in [0.717, 1.165) is 16.3 Å². The smallest absolute Gasteiger partial charge is 0.311 e. The van der Waals surface area contributed by atoms with Gasteiger partial charge in [-0.3, -0.25) is 18.7 Å². The van der Waals surface area contributed by atoms with Gasteiger partial charge in [-0.1, -0.05) is 43.8 Å². The molecule has 9 nitrogen and oxygen atoms in total. The van der Waals surface area contributed by atoms with Gasteiger partial charge < -0.3 is 4.90 Å². The van der Waals surface area contributed by atoms with Gasteiger partial charge in [-0.15, -0.1) is 0 Å². The fraction of sp³-hybridized carbons (Fsp3) is 0.391. The second-order valence-electron chi connectivity index (χ2n) is 8.00. The fourth-order valence-corrected chi connectivity index (χ4v) is 4.39. The Labute approximate surface area is 195 Å². The summed E-state index contributed by atoms with van der Waals surface area (Å²) in [6.45, 7) is 6.31. The number of para-hydroxylation sites is 1. The Kier molecular flexibility index (Phi) is 7.66. The lowest BCUT2D eigenvalue weighted by Gasteiger charge is -2.21. The summed E-state index contributed by atoms with van der Waals surface area (Å²) in [6, 6.07) is 11.2. The molecule has 0 aliphatic carbocycles. The lowest BCUT2D eigenvalue weighted by Crippen LogP contribution is -2.39. The monoisotopic (exact) mass is 466 g/mol. The third kappa shape index (κ3) is 5.31. The van der Waals surface area contributed by atoms with Gasteiger partial charge in [-0.05, 0) is 25.0 Å². The number of fused-ring (bicyclic) bond motifs is 1. The van der Waals surface area contributed by atoms with Crippen molar-refractivity contribution in [2.24, 2.45) is 13.0 Å². The second kappa shape index (κ2) is 10.4. The number of anilines is 1. The van der Waals surface area contributed by atoms with E-state index in [1.165, 1.54) is 11.6 Å². The topological polar surface area (TPSA) is 114 Å². The first-order valence-electron chi connectivity index (χ1n) is 10.6. The predicted molar refractivity (Wildman–Crippen MR) is 128 cm³/mol. The van der Waals surface area contributed by atoms with Crippen LogP contribution in [0, 0.1) is 24.2 Å². The minimum Gasteiger partial charge on any atom is -0.311 e. The zero-order chi connectivity index (χ0) is 24.1. The summed E-state index contributed by atoms with van der Waals surface area (Å²) in [4.78, 5) is 49.2. The normalized spacial score (nSPS) is 11.0. The average molecular weight is 467 g/mol. The third-order valence-electron chi connectivity index (χ3n) is 4.96. The van der Waals surface area contributed by atoms with Crippen molar-refractivity contribution >= 4 is 34.4 Å². The molecule has 2 aromatic heterocycles. The lowest BCUT2D eigenvalue weighted by molar-refractivity contribution is -0.116. The SMILES string of the molecule is Cc1nc(SCC(=O)N(CCC#N)c2ccccc2)c2c(=O)n(C)c(=O)n(CC(C)C)c2n1. The Morgan fingerprint density at radius 3 is 2.55 bits per heavy atom. The second-order valence-corrected chi connectivity index (χ2v) is 8.97. The van der Waals surface area contributed by atoms with Crippen molar-refractivity contribution in [1.29, 1.82) is 5.26 Å². The van der Waals surface area contributed by atoms with Crippen molar-refractivity contribution in [3.05, 3.63) is 57.0 Å². The van der Waals surface area contributed by atoms with Crippen LogP contribution in [-0.4, -0.2) is 37.3 Å². The van der Waals surface area contributed by atoms with Gasteiger partial charge in [0.15, 0.2) is 5.65 Å². The molecule has 1 amide bonds. The van der Waals surface area contributed by atoms with Crippen LogP contribution in [0.4, 0.5) is 5.69 Å². The van der Waals surface area contributed by atoms with Crippen molar-refractivity contribution in [2.45, 2.75) is 38.8 Å². The number of benzene rings is 1. The van der Waals surface area contributed by atoms with E-state index in [-0.39, 0.29) is 41.6 Å². The van der Waals surface area contributed by atoms with E-state index in [2.05, 4.69) is 16.0 Å². The molecule has 0 N–H and O–H groups in total. The Bertz CT molecular complexity index is 1320. The van der Waals surface area contributed by atoms with Crippen LogP contribution in [0.1, 0.15) is 26.1 Å². The van der Waals surface area contributed by atoms with Gasteiger partial charge in [-0.2, -0.15) is 5.26 Å². The molecule has 0 aliphatic rings. The number of nitrogens with zero attached hydrogens (tertiary/aromatic N) is 6. The number of aryl methyl sites for hydroxylation is 1. The van der Waals surface area contributed by atoms with Crippen LogP contribution >= 0.6 is 11.8 Å². The molecule has 0 atom stereocenters. The zero-order valence-corrected chi connectivity index (χ0v) is 19.9. The van der Waals surface area contributed by atoms with Crippen molar-refractivity contribution in [3.63, 3.8) is 0 Å². The molecule has 33 heavy (non-hydrogen) atoms. The van der Waals surface area contributed by atoms with Crippen molar-refractivity contribution in [3.8, 4) is 6.07 Å². The van der Waals surface area contributed by atoms with E-state index < -0.39 is 11.2 Å². The van der Waals surface area contributed by atoms with Crippen LogP contribution in [0.15, 0.2) is 44.9 Å². The van der Waals surface area contributed by atoms with Gasteiger partial charge in [-0.25, -0.2) is 14.8 Å². The molecule has 1 aromatic carbocycles. The maximum absolute atomic E-state index is 13.1. The molecule has 0 radical (unpaired) electrons. The molecule has 0 aliphatic heterocycles. The van der Waals surface area contributed by atoms with E-state index >= 15 is 0 Å². The van der Waals surface area contributed by atoms with Crippen LogP contribution in [0.25, 0.3) is 11.0 Å². The molecule has 0 spiro atoms. The molecular formula is C23H26N6O3S. The number of carbonyl (C=O) groups excluding carboxylic acids is 1. The van der Waals surface area contributed by atoms with Gasteiger partial charge in [0, 0.05) is 25.8 Å². The summed E-state index contributed by atoms with van der Waals surface area (Å²) in [5.74, 6) is 0.374. The molecule has 3 aromatic rings. The van der Waals surface area contributed by atoms with Gasteiger partial charge in [0.2, 0.25) is 5.91 Å². The van der Waals surface area contributed by atoms with E-state index in [1.807, 2.05) is 44.2 Å². The van der Waals surface area contributed by atoms with Crippen LogP contribution in [0.2, 0.25) is 0 Å². The Hall–Kier alpha value is -3.45. The maximum Gasteiger partial charge on any atom is 0.332 e. The van der Waals surface area contributed by atoms with Gasteiger partial charge in [0.25, 0.3) is 5.56 Å². The molecule has 10 heteroatoms. The molecule has 0 saturated heterocycles. The van der Waals surface area contributed by atoms with Crippen LogP contribution < -0.4 is 16.1 Å². The molecule has 2 heterocycles. The number of hydrogen-bond acceptors (Lipinski definition) is 7. The number of nitriles is 1. The molecule has 0 bridgehead atoms. The number of rotatable bonds is 8. The van der Waals surface area contributed by atoms with Crippen LogP contribution in [0.3, 0.4) is 0 Å². The van der Waals surface area contributed by atoms with Crippen LogP contribution in [0.5, 0.6) is 0 Å². The van der Waals surface area contributed by atoms with Crippen LogP contribution in [-0.2, 0) is 18.4 Å². The van der Waals surface area contributed by atoms with Crippen molar-refractivity contribution in [1.82, 2.24) is 19.1 Å². The number of carbonyl (C=O) groups is 1. The summed E-state index contributed by atoms with van der Waals surface area (Å²) in [5.41, 5.74) is 0.0554. The van der Waals surface area contributed by atoms with E-state index in [9.17, 15) is 14.4 Å². The molecule has 0 saturated carbocycles. The standard InChI is InChI=1S/C23H26N6O3S/c1-15(2)13-29-20-19(22(31)27(4)23(29)32)21(26-16(3)25-20)33-14-18(30)28(12-8-11-24)17-9-6-5-7-10-17/h5-7,9-10,15H,8,12-14H2,1-4H3. The van der Waals surface area contributed by atoms with Crippen molar-refractivity contribution in [2.75, 3.05) is 17.2 Å². The highest BCUT2D eigenvalue weighted by atomic mass is 32.2. The molecule has 0 unspecified atom stereocenters. The highest BCUT2D eigenvalue weighted by molar-refractivity contribution is 8.00. The van der Waals surface area contributed by atoms with Gasteiger partial charge in [0.05, 0.1) is 18.2 Å². The van der Waals surface area contributed by atoms with Crippen molar-refractivity contribution < 1.29 is 4.79 Å². The van der Waals surface area contributed by atoms with E-state index in [1.54, 1.807) is 11.8 Å².